The number of rotatable bonds is 5. The lowest BCUT2D eigenvalue weighted by atomic mass is 10.0. The number of aromatic nitrogens is 4. The number of fused-ring (bicyclic) bond motifs is 2. The molecule has 0 bridgehead atoms. The van der Waals surface area contributed by atoms with E-state index in [0.717, 1.165) is 50.6 Å². The number of anilines is 2. The molecule has 5 N–H and O–H groups in total. The molecule has 1 saturated heterocycles. The highest BCUT2D eigenvalue weighted by Gasteiger charge is 2.43. The molecule has 32 heavy (non-hydrogen) atoms. The molecular formula is C22H23BrN6O2S. The molecule has 1 aromatic carbocycles. The van der Waals surface area contributed by atoms with Crippen molar-refractivity contribution in [3.8, 4) is 0 Å². The number of thioether (sulfide) groups is 1. The van der Waals surface area contributed by atoms with Crippen molar-refractivity contribution in [2.75, 3.05) is 18.1 Å². The lowest BCUT2D eigenvalue weighted by Crippen LogP contribution is -2.31. The summed E-state index contributed by atoms with van der Waals surface area (Å²) in [7, 11) is 1.81. The number of halogens is 1. The van der Waals surface area contributed by atoms with Crippen LogP contribution in [0, 0.1) is 0 Å². The zero-order chi connectivity index (χ0) is 22.4. The number of nitrogens with two attached hydrogens (primary N) is 1. The fourth-order valence-corrected chi connectivity index (χ4v) is 6.13. The van der Waals surface area contributed by atoms with E-state index in [1.165, 1.54) is 6.33 Å². The number of hydrogen-bond acceptors (Lipinski definition) is 8. The topological polar surface area (TPSA) is 122 Å². The summed E-state index contributed by atoms with van der Waals surface area (Å²) < 4.78 is 2.71. The average molecular weight is 515 g/mol. The second-order valence-corrected chi connectivity index (χ2v) is 10.1. The van der Waals surface area contributed by atoms with Crippen LogP contribution in [0.1, 0.15) is 17.4 Å². The van der Waals surface area contributed by atoms with Crippen LogP contribution in [-0.4, -0.2) is 54.2 Å². The maximum absolute atomic E-state index is 10.8. The van der Waals surface area contributed by atoms with Crippen LogP contribution in [0.25, 0.3) is 21.9 Å². The number of aryl methyl sites for hydroxylation is 1. The SMILES string of the molecule is CNc1ncnc2c1ccn2[C@@H]1S[C@H](CCc2ccc3cc(Br)c(N)nc3c2)[C@@H](O)[C@H]1O. The van der Waals surface area contributed by atoms with E-state index in [4.69, 9.17) is 5.73 Å². The third-order valence-electron chi connectivity index (χ3n) is 5.94. The molecule has 4 heterocycles. The Kier molecular flexibility index (Phi) is 5.70. The quantitative estimate of drug-likeness (QED) is 0.319. The van der Waals surface area contributed by atoms with E-state index >= 15 is 0 Å². The Morgan fingerprint density at radius 3 is 2.84 bits per heavy atom. The summed E-state index contributed by atoms with van der Waals surface area (Å²) in [5, 5.41) is 26.1. The number of nitrogen functional groups attached to an aromatic ring is 1. The van der Waals surface area contributed by atoms with Gasteiger partial charge in [0.1, 0.15) is 35.1 Å². The van der Waals surface area contributed by atoms with Gasteiger partial charge in [-0.15, -0.1) is 11.8 Å². The van der Waals surface area contributed by atoms with Gasteiger partial charge >= 0.3 is 0 Å². The first kappa shape index (κ1) is 21.4. The largest absolute Gasteiger partial charge is 0.389 e. The summed E-state index contributed by atoms with van der Waals surface area (Å²) in [5.74, 6) is 1.20. The summed E-state index contributed by atoms with van der Waals surface area (Å²) in [6.45, 7) is 0. The van der Waals surface area contributed by atoms with Gasteiger partial charge in [-0.3, -0.25) is 0 Å². The summed E-state index contributed by atoms with van der Waals surface area (Å²) in [4.78, 5) is 13.1. The predicted octanol–water partition coefficient (Wildman–Crippen LogP) is 3.33. The van der Waals surface area contributed by atoms with Gasteiger partial charge in [-0.2, -0.15) is 0 Å². The molecule has 3 aromatic heterocycles. The molecular weight excluding hydrogens is 492 g/mol. The lowest BCUT2D eigenvalue weighted by Gasteiger charge is -2.17. The lowest BCUT2D eigenvalue weighted by molar-refractivity contribution is 0.0176. The monoisotopic (exact) mass is 514 g/mol. The van der Waals surface area contributed by atoms with Gasteiger partial charge in [0.25, 0.3) is 0 Å². The second-order valence-electron chi connectivity index (χ2n) is 7.90. The highest BCUT2D eigenvalue weighted by molar-refractivity contribution is 9.10. The summed E-state index contributed by atoms with van der Waals surface area (Å²) in [5.41, 5.74) is 8.63. The highest BCUT2D eigenvalue weighted by Crippen LogP contribution is 2.45. The molecule has 0 spiro atoms. The summed E-state index contributed by atoms with van der Waals surface area (Å²) in [6.07, 6.45) is 3.19. The molecule has 0 aliphatic carbocycles. The molecule has 4 atom stereocenters. The fraction of sp³-hybridized carbons (Fsp3) is 0.318. The van der Waals surface area contributed by atoms with Crippen LogP contribution in [0.15, 0.2) is 47.3 Å². The first-order valence-electron chi connectivity index (χ1n) is 10.3. The second kappa shape index (κ2) is 8.51. The Balaban J connectivity index is 1.34. The zero-order valence-corrected chi connectivity index (χ0v) is 19.7. The van der Waals surface area contributed by atoms with Crippen molar-refractivity contribution < 1.29 is 10.2 Å². The van der Waals surface area contributed by atoms with Crippen molar-refractivity contribution >= 4 is 61.3 Å². The normalized spacial score (nSPS) is 23.2. The third-order valence-corrected chi connectivity index (χ3v) is 8.22. The van der Waals surface area contributed by atoms with E-state index < -0.39 is 12.2 Å². The Labute approximate surface area is 197 Å². The van der Waals surface area contributed by atoms with Crippen molar-refractivity contribution in [1.82, 2.24) is 19.5 Å². The number of aliphatic hydroxyl groups is 2. The van der Waals surface area contributed by atoms with E-state index in [1.807, 2.05) is 42.1 Å². The molecule has 0 radical (unpaired) electrons. The molecule has 0 unspecified atom stereocenters. The number of pyridine rings is 1. The van der Waals surface area contributed by atoms with Crippen LogP contribution in [0.5, 0.6) is 0 Å². The number of nitrogens with one attached hydrogen (secondary N) is 1. The standard InChI is InChI=1S/C22H23BrN6O2S/c1-25-20-13-6-7-29(21(13)27-10-26-20)22-18(31)17(30)16(32-22)5-3-11-2-4-12-9-14(23)19(24)28-15(12)8-11/h2,4,6-10,16-18,22,30-31H,3,5H2,1H3,(H2,24,28)(H,25,26,27)/t16-,17-,18-,22-/m1/s1. The van der Waals surface area contributed by atoms with Gasteiger partial charge in [0, 0.05) is 23.9 Å². The van der Waals surface area contributed by atoms with E-state index in [2.05, 4.69) is 42.3 Å². The van der Waals surface area contributed by atoms with Crippen molar-refractivity contribution in [1.29, 1.82) is 0 Å². The Bertz CT molecular complexity index is 1300. The minimum atomic E-state index is -0.885. The van der Waals surface area contributed by atoms with Gasteiger partial charge in [0.15, 0.2) is 0 Å². The zero-order valence-electron chi connectivity index (χ0n) is 17.3. The molecule has 1 fully saturated rings. The third kappa shape index (κ3) is 3.71. The smallest absolute Gasteiger partial charge is 0.146 e. The van der Waals surface area contributed by atoms with Gasteiger partial charge in [-0.1, -0.05) is 12.1 Å². The van der Waals surface area contributed by atoms with Gasteiger partial charge in [0.2, 0.25) is 0 Å². The van der Waals surface area contributed by atoms with Gasteiger partial charge in [0.05, 0.1) is 21.5 Å². The average Bonchev–Trinajstić information content (AvgIpc) is 3.34. The molecule has 0 saturated carbocycles. The molecule has 166 valence electrons. The fourth-order valence-electron chi connectivity index (χ4n) is 4.24. The first-order chi connectivity index (χ1) is 15.5. The van der Waals surface area contributed by atoms with Crippen molar-refractivity contribution in [3.05, 3.63) is 52.9 Å². The van der Waals surface area contributed by atoms with Gasteiger partial charge in [-0.25, -0.2) is 15.0 Å². The summed E-state index contributed by atoms with van der Waals surface area (Å²) >= 11 is 4.99. The maximum atomic E-state index is 10.8. The number of nitrogens with zero attached hydrogens (tertiary/aromatic N) is 4. The molecule has 4 aromatic rings. The molecule has 0 amide bonds. The number of hydrogen-bond donors (Lipinski definition) is 4. The van der Waals surface area contributed by atoms with Crippen LogP contribution >= 0.6 is 27.7 Å². The maximum Gasteiger partial charge on any atom is 0.146 e. The predicted molar refractivity (Wildman–Crippen MR) is 132 cm³/mol. The van der Waals surface area contributed by atoms with Crippen molar-refractivity contribution in [3.63, 3.8) is 0 Å². The first-order valence-corrected chi connectivity index (χ1v) is 12.1. The van der Waals surface area contributed by atoms with E-state index in [9.17, 15) is 10.2 Å². The van der Waals surface area contributed by atoms with Crippen LogP contribution in [0.2, 0.25) is 0 Å². The Morgan fingerprint density at radius 1 is 1.19 bits per heavy atom. The van der Waals surface area contributed by atoms with E-state index in [1.54, 1.807) is 11.8 Å². The molecule has 1 aliphatic rings. The molecule has 1 aliphatic heterocycles. The van der Waals surface area contributed by atoms with E-state index in [-0.39, 0.29) is 10.6 Å². The summed E-state index contributed by atoms with van der Waals surface area (Å²) in [6, 6.07) is 10.0. The molecule has 10 heteroatoms. The van der Waals surface area contributed by atoms with Crippen LogP contribution in [0.4, 0.5) is 11.6 Å². The molecule has 5 rings (SSSR count). The van der Waals surface area contributed by atoms with Gasteiger partial charge < -0.3 is 25.8 Å². The number of benzene rings is 1. The van der Waals surface area contributed by atoms with Crippen molar-refractivity contribution in [2.24, 2.45) is 0 Å². The van der Waals surface area contributed by atoms with Gasteiger partial charge in [-0.05, 0) is 52.5 Å². The molecule has 8 nitrogen and oxygen atoms in total. The minimum Gasteiger partial charge on any atom is -0.389 e. The Hall–Kier alpha value is -2.40. The Morgan fingerprint density at radius 2 is 2.03 bits per heavy atom. The van der Waals surface area contributed by atoms with Crippen LogP contribution in [-0.2, 0) is 6.42 Å². The minimum absolute atomic E-state index is 0.100. The van der Waals surface area contributed by atoms with Crippen molar-refractivity contribution in [2.45, 2.75) is 35.7 Å². The van der Waals surface area contributed by atoms with E-state index in [0.29, 0.717) is 5.82 Å². The van der Waals surface area contributed by atoms with Crippen LogP contribution in [0.3, 0.4) is 0 Å². The number of aliphatic hydroxyl groups excluding tert-OH is 2. The highest BCUT2D eigenvalue weighted by atomic mass is 79.9. The van der Waals surface area contributed by atoms with Crippen LogP contribution < -0.4 is 11.1 Å².